The summed E-state index contributed by atoms with van der Waals surface area (Å²) in [5, 5.41) is 0. The van der Waals surface area contributed by atoms with Crippen LogP contribution in [0.5, 0.6) is 0 Å². The molecule has 2 atom stereocenters. The summed E-state index contributed by atoms with van der Waals surface area (Å²) >= 11 is 0. The maximum atomic E-state index is 13.7. The maximum Gasteiger partial charge on any atom is 0.130 e. The molecular formula is C15H23F2N3. The SMILES string of the molecule is CN(C)C1CCCN(CC(N)c2ccc(F)cc2F)C1. The molecular weight excluding hydrogens is 260 g/mol. The van der Waals surface area contributed by atoms with Gasteiger partial charge in [-0.1, -0.05) is 6.07 Å². The highest BCUT2D eigenvalue weighted by molar-refractivity contribution is 5.22. The van der Waals surface area contributed by atoms with Gasteiger partial charge in [0.25, 0.3) is 0 Å². The van der Waals surface area contributed by atoms with E-state index < -0.39 is 17.7 Å². The predicted molar refractivity (Wildman–Crippen MR) is 76.4 cm³/mol. The van der Waals surface area contributed by atoms with E-state index in [2.05, 4.69) is 23.9 Å². The van der Waals surface area contributed by atoms with E-state index in [1.54, 1.807) is 0 Å². The summed E-state index contributed by atoms with van der Waals surface area (Å²) in [7, 11) is 4.15. The van der Waals surface area contributed by atoms with Crippen molar-refractivity contribution in [3.63, 3.8) is 0 Å². The molecule has 0 saturated carbocycles. The van der Waals surface area contributed by atoms with Crippen LogP contribution >= 0.6 is 0 Å². The molecule has 112 valence electrons. The first-order valence-electron chi connectivity index (χ1n) is 7.06. The van der Waals surface area contributed by atoms with E-state index in [1.807, 2.05) is 0 Å². The molecule has 3 nitrogen and oxygen atoms in total. The molecule has 1 aliphatic rings. The minimum absolute atomic E-state index is 0.387. The molecule has 1 heterocycles. The molecule has 0 spiro atoms. The molecule has 1 aromatic carbocycles. The van der Waals surface area contributed by atoms with Crippen molar-refractivity contribution in [3.8, 4) is 0 Å². The van der Waals surface area contributed by atoms with E-state index in [-0.39, 0.29) is 0 Å². The second kappa shape index (κ2) is 6.61. The predicted octanol–water partition coefficient (Wildman–Crippen LogP) is 1.99. The Morgan fingerprint density at radius 2 is 2.15 bits per heavy atom. The van der Waals surface area contributed by atoms with Crippen molar-refractivity contribution < 1.29 is 8.78 Å². The Morgan fingerprint density at radius 1 is 1.40 bits per heavy atom. The molecule has 0 bridgehead atoms. The van der Waals surface area contributed by atoms with Crippen molar-refractivity contribution in [3.05, 3.63) is 35.4 Å². The summed E-state index contributed by atoms with van der Waals surface area (Å²) in [6, 6.07) is 3.71. The van der Waals surface area contributed by atoms with Crippen LogP contribution in [-0.4, -0.2) is 49.6 Å². The minimum atomic E-state index is -0.566. The van der Waals surface area contributed by atoms with E-state index in [0.717, 1.165) is 25.6 Å². The van der Waals surface area contributed by atoms with Gasteiger partial charge in [0.1, 0.15) is 11.6 Å². The standard InChI is InChI=1S/C15H23F2N3/c1-19(2)12-4-3-7-20(9-12)10-15(18)13-6-5-11(16)8-14(13)17/h5-6,8,12,15H,3-4,7,9-10,18H2,1-2H3. The van der Waals surface area contributed by atoms with Gasteiger partial charge < -0.3 is 10.6 Å². The molecule has 0 amide bonds. The first-order chi connectivity index (χ1) is 9.47. The lowest BCUT2D eigenvalue weighted by molar-refractivity contribution is 0.127. The molecule has 1 aliphatic heterocycles. The molecule has 20 heavy (non-hydrogen) atoms. The fraction of sp³-hybridized carbons (Fsp3) is 0.600. The number of hydrogen-bond acceptors (Lipinski definition) is 3. The van der Waals surface area contributed by atoms with Crippen molar-refractivity contribution in [1.29, 1.82) is 0 Å². The number of nitrogens with zero attached hydrogens (tertiary/aromatic N) is 2. The minimum Gasteiger partial charge on any atom is -0.323 e. The molecule has 2 rings (SSSR count). The lowest BCUT2D eigenvalue weighted by atomic mass is 10.0. The average Bonchev–Trinajstić information content (AvgIpc) is 2.38. The van der Waals surface area contributed by atoms with Gasteiger partial charge >= 0.3 is 0 Å². The van der Waals surface area contributed by atoms with Gasteiger partial charge in [-0.2, -0.15) is 0 Å². The zero-order valence-electron chi connectivity index (χ0n) is 12.1. The Bertz CT molecular complexity index is 451. The molecule has 0 aliphatic carbocycles. The number of benzene rings is 1. The normalized spacial score (nSPS) is 22.2. The van der Waals surface area contributed by atoms with E-state index >= 15 is 0 Å². The van der Waals surface area contributed by atoms with Crippen LogP contribution in [0.4, 0.5) is 8.78 Å². The van der Waals surface area contributed by atoms with E-state index in [1.165, 1.54) is 18.6 Å². The van der Waals surface area contributed by atoms with Gasteiger partial charge in [0.15, 0.2) is 0 Å². The van der Waals surface area contributed by atoms with Gasteiger partial charge in [-0.05, 0) is 39.5 Å². The molecule has 1 fully saturated rings. The molecule has 5 heteroatoms. The van der Waals surface area contributed by atoms with Crippen molar-refractivity contribution in [2.24, 2.45) is 5.73 Å². The summed E-state index contributed by atoms with van der Waals surface area (Å²) in [4.78, 5) is 4.48. The van der Waals surface area contributed by atoms with Gasteiger partial charge in [0.05, 0.1) is 0 Å². The molecule has 2 unspecified atom stereocenters. The number of rotatable bonds is 4. The van der Waals surface area contributed by atoms with Crippen LogP contribution in [0.15, 0.2) is 18.2 Å². The Kier molecular flexibility index (Phi) is 5.07. The monoisotopic (exact) mass is 283 g/mol. The van der Waals surface area contributed by atoms with Crippen molar-refractivity contribution in [2.75, 3.05) is 33.7 Å². The fourth-order valence-electron chi connectivity index (χ4n) is 2.80. The van der Waals surface area contributed by atoms with Crippen molar-refractivity contribution in [1.82, 2.24) is 9.80 Å². The van der Waals surface area contributed by atoms with Gasteiger partial charge in [0, 0.05) is 36.8 Å². The maximum absolute atomic E-state index is 13.7. The Balaban J connectivity index is 1.98. The van der Waals surface area contributed by atoms with E-state index in [9.17, 15) is 8.78 Å². The Hall–Kier alpha value is -1.04. The van der Waals surface area contributed by atoms with Gasteiger partial charge in [-0.25, -0.2) is 8.78 Å². The van der Waals surface area contributed by atoms with Gasteiger partial charge in [-0.3, -0.25) is 4.90 Å². The lowest BCUT2D eigenvalue weighted by Crippen LogP contribution is -2.47. The first-order valence-corrected chi connectivity index (χ1v) is 7.06. The number of hydrogen-bond donors (Lipinski definition) is 1. The van der Waals surface area contributed by atoms with Crippen LogP contribution < -0.4 is 5.73 Å². The third kappa shape index (κ3) is 3.75. The molecule has 0 radical (unpaired) electrons. The second-order valence-corrected chi connectivity index (χ2v) is 5.79. The van der Waals surface area contributed by atoms with Crippen molar-refractivity contribution >= 4 is 0 Å². The highest BCUT2D eigenvalue weighted by Gasteiger charge is 2.23. The Morgan fingerprint density at radius 3 is 2.80 bits per heavy atom. The number of piperidine rings is 1. The van der Waals surface area contributed by atoms with Crippen LogP contribution in [0.2, 0.25) is 0 Å². The van der Waals surface area contributed by atoms with Gasteiger partial charge in [-0.15, -0.1) is 0 Å². The molecule has 0 aromatic heterocycles. The number of halogens is 2. The smallest absolute Gasteiger partial charge is 0.130 e. The molecule has 1 saturated heterocycles. The zero-order chi connectivity index (χ0) is 14.7. The largest absolute Gasteiger partial charge is 0.323 e. The van der Waals surface area contributed by atoms with Crippen LogP contribution in [0.3, 0.4) is 0 Å². The highest BCUT2D eigenvalue weighted by Crippen LogP contribution is 2.20. The Labute approximate surface area is 119 Å². The summed E-state index contributed by atoms with van der Waals surface area (Å²) in [6.07, 6.45) is 2.31. The number of likely N-dealkylation sites (tertiary alicyclic amines) is 1. The number of nitrogens with two attached hydrogens (primary N) is 1. The molecule has 2 N–H and O–H groups in total. The highest BCUT2D eigenvalue weighted by atomic mass is 19.1. The summed E-state index contributed by atoms with van der Waals surface area (Å²) in [5.41, 5.74) is 6.47. The van der Waals surface area contributed by atoms with Crippen LogP contribution in [0.25, 0.3) is 0 Å². The topological polar surface area (TPSA) is 32.5 Å². The van der Waals surface area contributed by atoms with Gasteiger partial charge in [0.2, 0.25) is 0 Å². The first kappa shape index (κ1) is 15.4. The summed E-state index contributed by atoms with van der Waals surface area (Å²) in [5.74, 6) is -1.12. The third-order valence-electron chi connectivity index (χ3n) is 4.03. The quantitative estimate of drug-likeness (QED) is 0.917. The molecule has 1 aromatic rings. The fourth-order valence-corrected chi connectivity index (χ4v) is 2.80. The summed E-state index contributed by atoms with van der Waals surface area (Å²) < 4.78 is 26.6. The van der Waals surface area contributed by atoms with Crippen LogP contribution in [0, 0.1) is 11.6 Å². The average molecular weight is 283 g/mol. The van der Waals surface area contributed by atoms with E-state index in [0.29, 0.717) is 18.2 Å². The van der Waals surface area contributed by atoms with Crippen molar-refractivity contribution in [2.45, 2.75) is 24.9 Å². The van der Waals surface area contributed by atoms with E-state index in [4.69, 9.17) is 5.73 Å². The van der Waals surface area contributed by atoms with Crippen LogP contribution in [-0.2, 0) is 0 Å². The summed E-state index contributed by atoms with van der Waals surface area (Å²) in [6.45, 7) is 2.54. The second-order valence-electron chi connectivity index (χ2n) is 5.79. The third-order valence-corrected chi connectivity index (χ3v) is 4.03. The zero-order valence-corrected chi connectivity index (χ0v) is 12.1. The van der Waals surface area contributed by atoms with Crippen LogP contribution in [0.1, 0.15) is 24.4 Å². The number of likely N-dealkylation sites (N-methyl/N-ethyl adjacent to an activating group) is 1. The lowest BCUT2D eigenvalue weighted by Gasteiger charge is -2.37.